The summed E-state index contributed by atoms with van der Waals surface area (Å²) in [5, 5.41) is 0. The molecule has 2 nitrogen and oxygen atoms in total. The minimum absolute atomic E-state index is 0.290. The molecule has 1 N–H and O–H groups in total. The van der Waals surface area contributed by atoms with E-state index in [9.17, 15) is 8.39 Å². The van der Waals surface area contributed by atoms with Gasteiger partial charge in [0.05, 0.1) is 0 Å². The van der Waals surface area contributed by atoms with E-state index in [0.717, 1.165) is 12.8 Å². The molecule has 1 atom stereocenters. The third-order valence-electron chi connectivity index (χ3n) is 1.79. The molecule has 1 aliphatic rings. The van der Waals surface area contributed by atoms with E-state index in [0.29, 0.717) is 13.3 Å². The van der Waals surface area contributed by atoms with Crippen LogP contribution in [-0.4, -0.2) is 24.0 Å². The van der Waals surface area contributed by atoms with E-state index >= 15 is 0 Å². The molecule has 0 spiro atoms. The van der Waals surface area contributed by atoms with Gasteiger partial charge in [-0.25, -0.2) is 0 Å². The molecule has 1 rings (SSSR count). The van der Waals surface area contributed by atoms with Crippen molar-refractivity contribution >= 4 is 7.45 Å². The van der Waals surface area contributed by atoms with E-state index in [1.165, 1.54) is 0 Å². The van der Waals surface area contributed by atoms with Crippen molar-refractivity contribution in [1.82, 2.24) is 0 Å². The third-order valence-corrected chi connectivity index (χ3v) is 3.47. The zero-order valence-corrected chi connectivity index (χ0v) is 7.36. The number of rotatable bonds is 1. The summed E-state index contributed by atoms with van der Waals surface area (Å²) in [5.41, 5.74) is 0. The van der Waals surface area contributed by atoms with Crippen LogP contribution in [0.4, 0.5) is 8.39 Å². The molecule has 0 bridgehead atoms. The van der Waals surface area contributed by atoms with Crippen molar-refractivity contribution in [3.8, 4) is 0 Å². The normalized spacial score (nSPS) is 30.9. The average molecular weight is 186 g/mol. The first-order chi connectivity index (χ1) is 4.86. The molecule has 11 heavy (non-hydrogen) atoms. The first-order valence-corrected chi connectivity index (χ1v) is 6.16. The fourth-order valence-electron chi connectivity index (χ4n) is 1.17. The van der Waals surface area contributed by atoms with Gasteiger partial charge in [-0.05, 0) is 0 Å². The summed E-state index contributed by atoms with van der Waals surface area (Å²) in [5.74, 6) is -1.20. The first-order valence-electron chi connectivity index (χ1n) is 3.68. The van der Waals surface area contributed by atoms with E-state index in [4.69, 9.17) is 9.63 Å². The second kappa shape index (κ2) is 2.61. The molecule has 68 valence electrons. The molecule has 0 aliphatic carbocycles. The van der Waals surface area contributed by atoms with Crippen molar-refractivity contribution in [3.63, 3.8) is 0 Å². The summed E-state index contributed by atoms with van der Waals surface area (Å²) in [6, 6.07) is 0. The fourth-order valence-corrected chi connectivity index (χ4v) is 2.36. The van der Waals surface area contributed by atoms with Crippen molar-refractivity contribution in [2.75, 3.05) is 13.3 Å². The van der Waals surface area contributed by atoms with Gasteiger partial charge in [0.1, 0.15) is 0 Å². The minimum atomic E-state index is -5.44. The predicted octanol–water partition coefficient (Wildman–Crippen LogP) is 2.37. The Bertz CT molecular complexity index is 139. The van der Waals surface area contributed by atoms with Crippen molar-refractivity contribution in [2.24, 2.45) is 0 Å². The Morgan fingerprint density at radius 2 is 2.09 bits per heavy atom. The second-order valence-corrected chi connectivity index (χ2v) is 6.36. The van der Waals surface area contributed by atoms with Gasteiger partial charge >= 0.3 is 63.9 Å². The van der Waals surface area contributed by atoms with Gasteiger partial charge in [0.2, 0.25) is 0 Å². The zero-order valence-electron chi connectivity index (χ0n) is 6.46. The molecule has 1 aliphatic heterocycles. The van der Waals surface area contributed by atoms with E-state index in [1.54, 1.807) is 0 Å². The van der Waals surface area contributed by atoms with Crippen LogP contribution in [0.2, 0.25) is 0 Å². The van der Waals surface area contributed by atoms with Crippen LogP contribution in [0, 0.1) is 0 Å². The second-order valence-electron chi connectivity index (χ2n) is 3.14. The Labute approximate surface area is 64.8 Å². The van der Waals surface area contributed by atoms with Crippen LogP contribution >= 0.6 is 7.45 Å². The zero-order chi connectivity index (χ0) is 8.56. The quantitative estimate of drug-likeness (QED) is 0.637. The molecule has 0 aromatic rings. The predicted molar refractivity (Wildman–Crippen MR) is 40.9 cm³/mol. The van der Waals surface area contributed by atoms with Gasteiger partial charge in [-0.3, -0.25) is 0 Å². The van der Waals surface area contributed by atoms with Gasteiger partial charge < -0.3 is 0 Å². The van der Waals surface area contributed by atoms with Crippen molar-refractivity contribution in [3.05, 3.63) is 0 Å². The molecule has 0 saturated carbocycles. The SMILES string of the molecule is CP(O)(F)(F)C1CCCCO1. The molecule has 1 heterocycles. The summed E-state index contributed by atoms with van der Waals surface area (Å²) in [7, 11) is -5.44. The molecule has 0 amide bonds. The summed E-state index contributed by atoms with van der Waals surface area (Å²) < 4.78 is 30.5. The van der Waals surface area contributed by atoms with E-state index in [-0.39, 0.29) is 6.42 Å². The van der Waals surface area contributed by atoms with Gasteiger partial charge in [0, 0.05) is 0 Å². The van der Waals surface area contributed by atoms with Gasteiger partial charge in [-0.1, -0.05) is 0 Å². The van der Waals surface area contributed by atoms with Crippen LogP contribution in [0.15, 0.2) is 0 Å². The van der Waals surface area contributed by atoms with Crippen LogP contribution in [0.3, 0.4) is 0 Å². The van der Waals surface area contributed by atoms with E-state index in [1.807, 2.05) is 0 Å². The molecular weight excluding hydrogens is 173 g/mol. The molecule has 1 fully saturated rings. The molecule has 0 radical (unpaired) electrons. The number of hydrogen-bond acceptors (Lipinski definition) is 2. The maximum atomic E-state index is 12.9. The molecule has 5 heteroatoms. The number of hydrogen-bond donors (Lipinski definition) is 1. The maximum absolute atomic E-state index is 12.9. The van der Waals surface area contributed by atoms with E-state index < -0.39 is 13.3 Å². The summed E-state index contributed by atoms with van der Waals surface area (Å²) >= 11 is 0. The molecule has 0 aromatic heterocycles. The topological polar surface area (TPSA) is 29.5 Å². The molecular formula is C6H13F2O2P. The molecule has 1 saturated heterocycles. The molecule has 0 aromatic carbocycles. The van der Waals surface area contributed by atoms with Crippen LogP contribution in [0.1, 0.15) is 19.3 Å². The Kier molecular flexibility index (Phi) is 2.21. The molecule has 1 unspecified atom stereocenters. The summed E-state index contributed by atoms with van der Waals surface area (Å²) in [6.45, 7) is 0.979. The van der Waals surface area contributed by atoms with Crippen molar-refractivity contribution in [1.29, 1.82) is 0 Å². The van der Waals surface area contributed by atoms with Crippen molar-refractivity contribution < 1.29 is 18.0 Å². The summed E-state index contributed by atoms with van der Waals surface area (Å²) in [6.07, 6.45) is 1.84. The number of ether oxygens (including phenoxy) is 1. The van der Waals surface area contributed by atoms with Gasteiger partial charge in [-0.15, -0.1) is 0 Å². The number of halogens is 2. The van der Waals surface area contributed by atoms with Crippen LogP contribution < -0.4 is 0 Å². The van der Waals surface area contributed by atoms with Crippen LogP contribution in [0.5, 0.6) is 0 Å². The summed E-state index contributed by atoms with van der Waals surface area (Å²) in [4.78, 5) is 8.78. The van der Waals surface area contributed by atoms with Gasteiger partial charge in [-0.2, -0.15) is 0 Å². The Hall–Kier alpha value is 0.210. The van der Waals surface area contributed by atoms with Crippen LogP contribution in [0.25, 0.3) is 0 Å². The fraction of sp³-hybridized carbons (Fsp3) is 1.00. The first kappa shape index (κ1) is 9.30. The Morgan fingerprint density at radius 1 is 1.45 bits per heavy atom. The Balaban J connectivity index is 2.59. The monoisotopic (exact) mass is 186 g/mol. The average Bonchev–Trinajstić information content (AvgIpc) is 1.86. The van der Waals surface area contributed by atoms with E-state index in [2.05, 4.69) is 0 Å². The third kappa shape index (κ3) is 2.62. The van der Waals surface area contributed by atoms with Crippen LogP contribution in [-0.2, 0) is 4.74 Å². The van der Waals surface area contributed by atoms with Gasteiger partial charge in [0.15, 0.2) is 0 Å². The Morgan fingerprint density at radius 3 is 2.36 bits per heavy atom. The van der Waals surface area contributed by atoms with Gasteiger partial charge in [0.25, 0.3) is 0 Å². The standard InChI is InChI=1S/C6H13F2O2P/c1-11(7,8,9)6-4-2-3-5-10-6/h6,9H,2-5H2,1H3. The van der Waals surface area contributed by atoms with Crippen molar-refractivity contribution in [2.45, 2.75) is 25.1 Å².